The van der Waals surface area contributed by atoms with Crippen molar-refractivity contribution in [2.24, 2.45) is 13.0 Å². The van der Waals surface area contributed by atoms with Crippen LogP contribution in [0.5, 0.6) is 0 Å². The molecule has 1 aliphatic heterocycles. The third-order valence-electron chi connectivity index (χ3n) is 4.85. The van der Waals surface area contributed by atoms with Crippen molar-refractivity contribution in [3.63, 3.8) is 0 Å². The fourth-order valence-corrected chi connectivity index (χ4v) is 3.08. The summed E-state index contributed by atoms with van der Waals surface area (Å²) in [5.74, 6) is 2.60. The van der Waals surface area contributed by atoms with Crippen molar-refractivity contribution in [3.05, 3.63) is 11.6 Å². The fourth-order valence-electron chi connectivity index (χ4n) is 3.08. The van der Waals surface area contributed by atoms with Crippen molar-refractivity contribution in [1.29, 1.82) is 0 Å². The van der Waals surface area contributed by atoms with E-state index in [1.807, 2.05) is 30.5 Å². The van der Waals surface area contributed by atoms with Crippen LogP contribution in [0.1, 0.15) is 37.3 Å². The molecule has 1 saturated heterocycles. The van der Waals surface area contributed by atoms with E-state index in [2.05, 4.69) is 15.1 Å². The maximum absolute atomic E-state index is 12.2. The number of likely N-dealkylation sites (N-methyl/N-ethyl adjacent to an activating group) is 1. The van der Waals surface area contributed by atoms with E-state index in [9.17, 15) is 4.79 Å². The lowest BCUT2D eigenvalue weighted by atomic mass is 10.0. The molecule has 6 nitrogen and oxygen atoms in total. The van der Waals surface area contributed by atoms with Gasteiger partial charge >= 0.3 is 0 Å². The first-order chi connectivity index (χ1) is 10.1. The summed E-state index contributed by atoms with van der Waals surface area (Å²) in [7, 11) is 3.98. The average Bonchev–Trinajstić information content (AvgIpc) is 3.29. The van der Waals surface area contributed by atoms with Gasteiger partial charge in [-0.3, -0.25) is 9.69 Å². The van der Waals surface area contributed by atoms with Crippen LogP contribution in [0, 0.1) is 12.8 Å². The highest BCUT2D eigenvalue weighted by Gasteiger charge is 2.35. The zero-order valence-corrected chi connectivity index (χ0v) is 13.2. The van der Waals surface area contributed by atoms with Gasteiger partial charge in [-0.1, -0.05) is 0 Å². The van der Waals surface area contributed by atoms with E-state index in [-0.39, 0.29) is 0 Å². The van der Waals surface area contributed by atoms with E-state index < -0.39 is 0 Å². The molecule has 0 radical (unpaired) electrons. The molecule has 1 aromatic rings. The van der Waals surface area contributed by atoms with Crippen molar-refractivity contribution in [3.8, 4) is 0 Å². The second kappa shape index (κ2) is 5.75. The second-order valence-corrected chi connectivity index (χ2v) is 6.48. The minimum atomic E-state index is 0.312. The molecule has 0 aromatic carbocycles. The van der Waals surface area contributed by atoms with Gasteiger partial charge in [-0.05, 0) is 39.2 Å². The number of piperidine rings is 1. The summed E-state index contributed by atoms with van der Waals surface area (Å²) in [5.41, 5.74) is 0. The number of amides is 1. The third kappa shape index (κ3) is 3.10. The van der Waals surface area contributed by atoms with Crippen molar-refractivity contribution < 1.29 is 4.79 Å². The molecule has 1 aromatic heterocycles. The fraction of sp³-hybridized carbons (Fsp3) is 0.800. The lowest BCUT2D eigenvalue weighted by molar-refractivity contribution is -0.134. The molecular weight excluding hydrogens is 266 g/mol. The van der Waals surface area contributed by atoms with Crippen molar-refractivity contribution in [1.82, 2.24) is 24.6 Å². The molecule has 6 heteroatoms. The van der Waals surface area contributed by atoms with Gasteiger partial charge in [-0.2, -0.15) is 0 Å². The van der Waals surface area contributed by atoms with Crippen LogP contribution in [-0.2, 0) is 18.4 Å². The Morgan fingerprint density at radius 2 is 2.10 bits per heavy atom. The first kappa shape index (κ1) is 14.5. The van der Waals surface area contributed by atoms with Crippen molar-refractivity contribution in [2.75, 3.05) is 20.1 Å². The monoisotopic (exact) mass is 291 g/mol. The Morgan fingerprint density at radius 3 is 2.71 bits per heavy atom. The Balaban J connectivity index is 1.60. The molecule has 3 rings (SSSR count). The number of rotatable bonds is 4. The molecule has 2 aliphatic rings. The number of hydrogen-bond donors (Lipinski definition) is 0. The highest BCUT2D eigenvalue weighted by atomic mass is 16.2. The molecule has 116 valence electrons. The van der Waals surface area contributed by atoms with Gasteiger partial charge in [0.2, 0.25) is 5.91 Å². The Labute approximate surface area is 126 Å². The third-order valence-corrected chi connectivity index (χ3v) is 4.85. The van der Waals surface area contributed by atoms with E-state index in [0.717, 1.165) is 57.0 Å². The van der Waals surface area contributed by atoms with Gasteiger partial charge in [0.1, 0.15) is 11.6 Å². The maximum Gasteiger partial charge on any atom is 0.225 e. The summed E-state index contributed by atoms with van der Waals surface area (Å²) in [6, 6.07) is 0.348. The van der Waals surface area contributed by atoms with Crippen LogP contribution in [0.3, 0.4) is 0 Å². The molecule has 1 amide bonds. The van der Waals surface area contributed by atoms with Crippen LogP contribution < -0.4 is 0 Å². The number of hydrogen-bond acceptors (Lipinski definition) is 4. The van der Waals surface area contributed by atoms with Crippen LogP contribution in [0.25, 0.3) is 0 Å². The number of nitrogens with zero attached hydrogens (tertiary/aromatic N) is 5. The molecule has 1 aliphatic carbocycles. The van der Waals surface area contributed by atoms with Crippen molar-refractivity contribution >= 4 is 5.91 Å². The van der Waals surface area contributed by atoms with Crippen LogP contribution in [0.4, 0.5) is 0 Å². The Hall–Kier alpha value is -1.43. The summed E-state index contributed by atoms with van der Waals surface area (Å²) in [6.07, 6.45) is 4.42. The molecule has 21 heavy (non-hydrogen) atoms. The number of carbonyl (C=O) groups excluding carboxylic acids is 1. The summed E-state index contributed by atoms with van der Waals surface area (Å²) >= 11 is 0. The van der Waals surface area contributed by atoms with Gasteiger partial charge in [-0.15, -0.1) is 10.2 Å². The van der Waals surface area contributed by atoms with Gasteiger partial charge in [0.15, 0.2) is 0 Å². The van der Waals surface area contributed by atoms with Gasteiger partial charge in [0.05, 0.1) is 6.54 Å². The zero-order chi connectivity index (χ0) is 15.0. The van der Waals surface area contributed by atoms with Gasteiger partial charge < -0.3 is 9.47 Å². The first-order valence-electron chi connectivity index (χ1n) is 7.90. The number of aromatic nitrogens is 3. The molecule has 0 N–H and O–H groups in total. The van der Waals surface area contributed by atoms with Gasteiger partial charge in [0.25, 0.3) is 0 Å². The molecule has 2 fully saturated rings. The van der Waals surface area contributed by atoms with Gasteiger partial charge in [0, 0.05) is 32.6 Å². The normalized spacial score (nSPS) is 23.3. The maximum atomic E-state index is 12.2. The lowest BCUT2D eigenvalue weighted by Gasteiger charge is -2.37. The highest BCUT2D eigenvalue weighted by Crippen LogP contribution is 2.32. The minimum Gasteiger partial charge on any atom is -0.341 e. The SMILES string of the molecule is Cc1nnc(CN2CCCC(N(C)C(=O)C3CC3)C2)n1C. The van der Waals surface area contributed by atoms with Crippen LogP contribution in [-0.4, -0.2) is 56.7 Å². The summed E-state index contributed by atoms with van der Waals surface area (Å²) in [5, 5.41) is 8.36. The lowest BCUT2D eigenvalue weighted by Crippen LogP contribution is -2.48. The number of likely N-dealkylation sites (tertiary alicyclic amines) is 1. The van der Waals surface area contributed by atoms with E-state index in [0.29, 0.717) is 17.9 Å². The molecule has 2 heterocycles. The second-order valence-electron chi connectivity index (χ2n) is 6.48. The topological polar surface area (TPSA) is 54.3 Å². The Bertz CT molecular complexity index is 522. The standard InChI is InChI=1S/C15H25N5O/c1-11-16-17-14(18(11)2)10-20-8-4-5-13(9-20)19(3)15(21)12-6-7-12/h12-13H,4-10H2,1-3H3. The highest BCUT2D eigenvalue weighted by molar-refractivity contribution is 5.81. The summed E-state index contributed by atoms with van der Waals surface area (Å²) < 4.78 is 2.04. The number of aryl methyl sites for hydroxylation is 1. The van der Waals surface area contributed by atoms with Crippen molar-refractivity contribution in [2.45, 2.75) is 45.2 Å². The van der Waals surface area contributed by atoms with E-state index in [1.165, 1.54) is 0 Å². The van der Waals surface area contributed by atoms with Crippen LogP contribution in [0.2, 0.25) is 0 Å². The first-order valence-corrected chi connectivity index (χ1v) is 7.90. The van der Waals surface area contributed by atoms with E-state index in [4.69, 9.17) is 0 Å². The number of carbonyl (C=O) groups is 1. The van der Waals surface area contributed by atoms with Crippen LogP contribution in [0.15, 0.2) is 0 Å². The predicted octanol–water partition coefficient (Wildman–Crippen LogP) is 0.956. The Kier molecular flexibility index (Phi) is 3.97. The molecule has 0 spiro atoms. The molecule has 1 atom stereocenters. The molecule has 1 unspecified atom stereocenters. The summed E-state index contributed by atoms with van der Waals surface area (Å²) in [6.45, 7) is 4.81. The van der Waals surface area contributed by atoms with E-state index >= 15 is 0 Å². The largest absolute Gasteiger partial charge is 0.341 e. The van der Waals surface area contributed by atoms with Gasteiger partial charge in [-0.25, -0.2) is 0 Å². The summed E-state index contributed by atoms with van der Waals surface area (Å²) in [4.78, 5) is 16.6. The predicted molar refractivity (Wildman–Crippen MR) is 79.5 cm³/mol. The zero-order valence-electron chi connectivity index (χ0n) is 13.2. The van der Waals surface area contributed by atoms with Crippen LogP contribution >= 0.6 is 0 Å². The van der Waals surface area contributed by atoms with E-state index in [1.54, 1.807) is 0 Å². The quantitative estimate of drug-likeness (QED) is 0.829. The molecule has 1 saturated carbocycles. The smallest absolute Gasteiger partial charge is 0.225 e. The minimum absolute atomic E-state index is 0.312. The average molecular weight is 291 g/mol. The molecular formula is C15H25N5O. The molecule has 0 bridgehead atoms. The Morgan fingerprint density at radius 1 is 1.33 bits per heavy atom.